The number of rotatable bonds is 8. The molecule has 5 heteroatoms. The molecule has 0 aliphatic rings. The number of hydrogen-bond donors (Lipinski definition) is 3. The molecule has 0 aliphatic carbocycles. The molecule has 0 aliphatic heterocycles. The topological polar surface area (TPSA) is 67.2 Å². The molecule has 2 unspecified atom stereocenters. The third-order valence-electron chi connectivity index (χ3n) is 3.70. The van der Waals surface area contributed by atoms with Crippen LogP contribution in [0, 0.1) is 5.92 Å². The molecule has 0 saturated heterocycles. The van der Waals surface area contributed by atoms with E-state index in [-0.39, 0.29) is 24.4 Å². The minimum atomic E-state index is -0.789. The number of benzene rings is 1. The van der Waals surface area contributed by atoms with Gasteiger partial charge in [0.15, 0.2) is 0 Å². The second kappa shape index (κ2) is 9.70. The van der Waals surface area contributed by atoms with Gasteiger partial charge in [-0.05, 0) is 31.4 Å². The summed E-state index contributed by atoms with van der Waals surface area (Å²) >= 11 is 0. The lowest BCUT2D eigenvalue weighted by atomic mass is 9.96. The molecule has 1 rings (SSSR count). The molecule has 126 valence electrons. The van der Waals surface area contributed by atoms with Crippen molar-refractivity contribution in [3.05, 3.63) is 30.3 Å². The average Bonchev–Trinajstić information content (AvgIpc) is 2.43. The summed E-state index contributed by atoms with van der Waals surface area (Å²) in [5, 5.41) is 6.44. The first kappa shape index (κ1) is 20.7. The molecule has 4 nitrogen and oxygen atoms in total. The average molecular weight is 328 g/mol. The summed E-state index contributed by atoms with van der Waals surface area (Å²) in [4.78, 5) is 12.2. The van der Waals surface area contributed by atoms with Crippen molar-refractivity contribution in [1.82, 2.24) is 5.32 Å². The van der Waals surface area contributed by atoms with E-state index in [1.54, 1.807) is 6.92 Å². The highest BCUT2D eigenvalue weighted by molar-refractivity contribution is 5.85. The number of hydrogen-bond acceptors (Lipinski definition) is 3. The van der Waals surface area contributed by atoms with E-state index in [4.69, 9.17) is 5.73 Å². The van der Waals surface area contributed by atoms with Crippen LogP contribution in [0.1, 0.15) is 40.5 Å². The number of para-hydroxylation sites is 1. The Morgan fingerprint density at radius 3 is 2.36 bits per heavy atom. The molecule has 0 radical (unpaired) electrons. The lowest BCUT2D eigenvalue weighted by Gasteiger charge is -2.27. The molecule has 1 amide bonds. The molecular formula is C17H30ClN3O. The van der Waals surface area contributed by atoms with Crippen molar-refractivity contribution in [1.29, 1.82) is 0 Å². The fraction of sp³-hybridized carbons (Fsp3) is 0.588. The zero-order valence-electron chi connectivity index (χ0n) is 14.1. The standard InChI is InChI=1S/C17H29N3O.ClH/c1-5-11-17(4,18)16(21)19-12-15(13(2)3)20-14-9-7-6-8-10-14;/h6-10,13,15,20H,5,11-12,18H2,1-4H3,(H,19,21);1H. The SMILES string of the molecule is CCCC(C)(N)C(=O)NCC(Nc1ccccc1)C(C)C.Cl. The molecule has 0 aromatic heterocycles. The molecule has 0 fully saturated rings. The van der Waals surface area contributed by atoms with E-state index in [1.165, 1.54) is 0 Å². The largest absolute Gasteiger partial charge is 0.380 e. The van der Waals surface area contributed by atoms with Crippen LogP contribution in [0.5, 0.6) is 0 Å². The molecule has 0 heterocycles. The highest BCUT2D eigenvalue weighted by atomic mass is 35.5. The second-order valence-corrected chi connectivity index (χ2v) is 6.24. The first-order chi connectivity index (χ1) is 9.86. The smallest absolute Gasteiger partial charge is 0.239 e. The number of nitrogens with two attached hydrogens (primary N) is 1. The number of halogens is 1. The van der Waals surface area contributed by atoms with Gasteiger partial charge in [0.1, 0.15) is 0 Å². The number of amides is 1. The molecule has 1 aromatic carbocycles. The summed E-state index contributed by atoms with van der Waals surface area (Å²) in [6.07, 6.45) is 1.59. The van der Waals surface area contributed by atoms with Gasteiger partial charge in [-0.15, -0.1) is 12.4 Å². The first-order valence-corrected chi connectivity index (χ1v) is 7.75. The summed E-state index contributed by atoms with van der Waals surface area (Å²) in [5.74, 6) is 0.325. The molecule has 0 saturated carbocycles. The molecule has 2 atom stereocenters. The Bertz CT molecular complexity index is 435. The van der Waals surface area contributed by atoms with Crippen molar-refractivity contribution in [2.75, 3.05) is 11.9 Å². The zero-order valence-corrected chi connectivity index (χ0v) is 14.9. The fourth-order valence-corrected chi connectivity index (χ4v) is 2.24. The highest BCUT2D eigenvalue weighted by Gasteiger charge is 2.27. The van der Waals surface area contributed by atoms with E-state index in [9.17, 15) is 4.79 Å². The van der Waals surface area contributed by atoms with Gasteiger partial charge in [0.25, 0.3) is 0 Å². The summed E-state index contributed by atoms with van der Waals surface area (Å²) in [6, 6.07) is 10.2. The van der Waals surface area contributed by atoms with Crippen LogP contribution >= 0.6 is 12.4 Å². The van der Waals surface area contributed by atoms with Crippen LogP contribution in [0.4, 0.5) is 5.69 Å². The van der Waals surface area contributed by atoms with Crippen molar-refractivity contribution < 1.29 is 4.79 Å². The summed E-state index contributed by atoms with van der Waals surface area (Å²) in [7, 11) is 0. The highest BCUT2D eigenvalue weighted by Crippen LogP contribution is 2.13. The molecule has 0 bridgehead atoms. The van der Waals surface area contributed by atoms with Crippen molar-refractivity contribution in [2.45, 2.75) is 52.1 Å². The van der Waals surface area contributed by atoms with Gasteiger partial charge in [-0.2, -0.15) is 0 Å². The molecular weight excluding hydrogens is 298 g/mol. The van der Waals surface area contributed by atoms with Gasteiger partial charge in [0.2, 0.25) is 5.91 Å². The Balaban J connectivity index is 0.00000441. The van der Waals surface area contributed by atoms with Gasteiger partial charge < -0.3 is 16.4 Å². The summed E-state index contributed by atoms with van der Waals surface area (Å²) < 4.78 is 0. The third kappa shape index (κ3) is 6.67. The maximum atomic E-state index is 12.2. The van der Waals surface area contributed by atoms with Crippen molar-refractivity contribution in [3.8, 4) is 0 Å². The number of carbonyl (C=O) groups is 1. The third-order valence-corrected chi connectivity index (χ3v) is 3.70. The van der Waals surface area contributed by atoms with Crippen molar-refractivity contribution >= 4 is 24.0 Å². The van der Waals surface area contributed by atoms with Gasteiger partial charge in [0, 0.05) is 18.3 Å². The first-order valence-electron chi connectivity index (χ1n) is 7.75. The van der Waals surface area contributed by atoms with Gasteiger partial charge in [0.05, 0.1) is 5.54 Å². The Kier molecular flexibility index (Phi) is 9.14. The van der Waals surface area contributed by atoms with E-state index in [1.807, 2.05) is 37.3 Å². The minimum Gasteiger partial charge on any atom is -0.380 e. The van der Waals surface area contributed by atoms with E-state index < -0.39 is 5.54 Å². The van der Waals surface area contributed by atoms with Crippen LogP contribution in [0.2, 0.25) is 0 Å². The molecule has 0 spiro atoms. The predicted molar refractivity (Wildman–Crippen MR) is 96.4 cm³/mol. The monoisotopic (exact) mass is 327 g/mol. The second-order valence-electron chi connectivity index (χ2n) is 6.24. The number of anilines is 1. The van der Waals surface area contributed by atoms with E-state index >= 15 is 0 Å². The van der Waals surface area contributed by atoms with Gasteiger partial charge in [-0.25, -0.2) is 0 Å². The molecule has 4 N–H and O–H groups in total. The summed E-state index contributed by atoms with van der Waals surface area (Å²) in [6.45, 7) is 8.68. The van der Waals surface area contributed by atoms with Crippen LogP contribution in [-0.2, 0) is 4.79 Å². The predicted octanol–water partition coefficient (Wildman–Crippen LogP) is 3.18. The van der Waals surface area contributed by atoms with Crippen molar-refractivity contribution in [3.63, 3.8) is 0 Å². The minimum absolute atomic E-state index is 0. The van der Waals surface area contributed by atoms with E-state index in [0.717, 1.165) is 12.1 Å². The van der Waals surface area contributed by atoms with Gasteiger partial charge >= 0.3 is 0 Å². The number of nitrogens with one attached hydrogen (secondary N) is 2. The van der Waals surface area contributed by atoms with Gasteiger partial charge in [-0.3, -0.25) is 4.79 Å². The Hall–Kier alpha value is -1.26. The van der Waals surface area contributed by atoms with Crippen LogP contribution in [0.15, 0.2) is 30.3 Å². The maximum absolute atomic E-state index is 12.2. The van der Waals surface area contributed by atoms with Crippen molar-refractivity contribution in [2.24, 2.45) is 11.7 Å². The molecule has 22 heavy (non-hydrogen) atoms. The van der Waals surface area contributed by atoms with E-state index in [0.29, 0.717) is 18.9 Å². The normalized spacial score (nSPS) is 14.6. The lowest BCUT2D eigenvalue weighted by Crippen LogP contribution is -2.53. The Morgan fingerprint density at radius 2 is 1.86 bits per heavy atom. The van der Waals surface area contributed by atoms with Crippen LogP contribution < -0.4 is 16.4 Å². The quantitative estimate of drug-likeness (QED) is 0.687. The molecule has 1 aromatic rings. The Morgan fingerprint density at radius 1 is 1.27 bits per heavy atom. The fourth-order valence-electron chi connectivity index (χ4n) is 2.24. The van der Waals surface area contributed by atoms with Crippen LogP contribution in [0.25, 0.3) is 0 Å². The van der Waals surface area contributed by atoms with Crippen LogP contribution in [0.3, 0.4) is 0 Å². The maximum Gasteiger partial charge on any atom is 0.239 e. The number of carbonyl (C=O) groups excluding carboxylic acids is 1. The summed E-state index contributed by atoms with van der Waals surface area (Å²) in [5.41, 5.74) is 6.33. The zero-order chi connectivity index (χ0) is 15.9. The lowest BCUT2D eigenvalue weighted by molar-refractivity contribution is -0.126. The Labute approximate surface area is 140 Å². The van der Waals surface area contributed by atoms with Crippen LogP contribution in [-0.4, -0.2) is 24.0 Å². The van der Waals surface area contributed by atoms with Gasteiger partial charge in [-0.1, -0.05) is 45.4 Å². The van der Waals surface area contributed by atoms with E-state index in [2.05, 4.69) is 24.5 Å².